The Labute approximate surface area is 110 Å². The van der Waals surface area contributed by atoms with Crippen LogP contribution in [0, 0.1) is 0 Å². The molecule has 2 aromatic heterocycles. The van der Waals surface area contributed by atoms with Crippen molar-refractivity contribution in [3.05, 3.63) is 38.9 Å². The van der Waals surface area contributed by atoms with Crippen molar-refractivity contribution in [2.75, 3.05) is 7.05 Å². The molecule has 0 aliphatic rings. The van der Waals surface area contributed by atoms with Gasteiger partial charge in [-0.25, -0.2) is 4.98 Å². The molecule has 0 saturated heterocycles. The van der Waals surface area contributed by atoms with Crippen LogP contribution in [-0.2, 0) is 6.54 Å². The Bertz CT molecular complexity index is 791. The van der Waals surface area contributed by atoms with Gasteiger partial charge in [-0.05, 0) is 25.2 Å². The van der Waals surface area contributed by atoms with Gasteiger partial charge in [0.2, 0.25) is 5.58 Å². The van der Waals surface area contributed by atoms with E-state index in [1.54, 1.807) is 7.05 Å². The molecule has 0 amide bonds. The van der Waals surface area contributed by atoms with Crippen LogP contribution in [0.25, 0.3) is 22.1 Å². The summed E-state index contributed by atoms with van der Waals surface area (Å²) in [6, 6.07) is 5.59. The van der Waals surface area contributed by atoms with Crippen LogP contribution in [0.1, 0.15) is 5.82 Å². The molecule has 6 heteroatoms. The molecule has 0 radical (unpaired) electrons. The zero-order valence-corrected chi connectivity index (χ0v) is 11.2. The maximum Gasteiger partial charge on any atom is 0.294 e. The minimum atomic E-state index is -0.252. The molecule has 0 bridgehead atoms. The van der Waals surface area contributed by atoms with E-state index in [1.807, 2.05) is 18.2 Å². The quantitative estimate of drug-likeness (QED) is 0.761. The number of halogens is 1. The van der Waals surface area contributed by atoms with Gasteiger partial charge in [0.25, 0.3) is 5.56 Å². The lowest BCUT2D eigenvalue weighted by Crippen LogP contribution is -2.15. The third kappa shape index (κ3) is 1.74. The predicted molar refractivity (Wildman–Crippen MR) is 72.6 cm³/mol. The van der Waals surface area contributed by atoms with E-state index in [9.17, 15) is 4.79 Å². The van der Waals surface area contributed by atoms with Crippen molar-refractivity contribution < 1.29 is 4.42 Å². The van der Waals surface area contributed by atoms with Gasteiger partial charge in [0.05, 0.1) is 6.54 Å². The third-order valence-corrected chi connectivity index (χ3v) is 3.17. The zero-order valence-electron chi connectivity index (χ0n) is 9.58. The number of fused-ring (bicyclic) bond motifs is 3. The zero-order chi connectivity index (χ0) is 12.7. The van der Waals surface area contributed by atoms with Crippen molar-refractivity contribution in [1.82, 2.24) is 15.3 Å². The average Bonchev–Trinajstić information content (AvgIpc) is 2.69. The molecule has 0 aliphatic heterocycles. The van der Waals surface area contributed by atoms with E-state index < -0.39 is 0 Å². The molecule has 0 aliphatic carbocycles. The first-order valence-corrected chi connectivity index (χ1v) is 6.24. The van der Waals surface area contributed by atoms with Crippen molar-refractivity contribution in [3.63, 3.8) is 0 Å². The van der Waals surface area contributed by atoms with E-state index in [0.717, 1.165) is 9.86 Å². The lowest BCUT2D eigenvalue weighted by molar-refractivity contribution is 0.657. The Morgan fingerprint density at radius 3 is 3.11 bits per heavy atom. The summed E-state index contributed by atoms with van der Waals surface area (Å²) in [5, 5.41) is 3.79. The number of aromatic amines is 1. The topological polar surface area (TPSA) is 70.9 Å². The summed E-state index contributed by atoms with van der Waals surface area (Å²) in [7, 11) is 1.80. The lowest BCUT2D eigenvalue weighted by Gasteiger charge is -1.98. The molecule has 3 rings (SSSR count). The van der Waals surface area contributed by atoms with Crippen LogP contribution in [0.4, 0.5) is 0 Å². The Morgan fingerprint density at radius 2 is 2.33 bits per heavy atom. The molecule has 18 heavy (non-hydrogen) atoms. The lowest BCUT2D eigenvalue weighted by atomic mass is 10.2. The van der Waals surface area contributed by atoms with Gasteiger partial charge in [-0.2, -0.15) is 0 Å². The summed E-state index contributed by atoms with van der Waals surface area (Å²) in [6.45, 7) is 0.506. The van der Waals surface area contributed by atoms with Crippen molar-refractivity contribution >= 4 is 38.0 Å². The van der Waals surface area contributed by atoms with Gasteiger partial charge < -0.3 is 14.7 Å². The van der Waals surface area contributed by atoms with E-state index in [1.165, 1.54) is 0 Å². The van der Waals surface area contributed by atoms with Gasteiger partial charge >= 0.3 is 0 Å². The fourth-order valence-electron chi connectivity index (χ4n) is 1.92. The van der Waals surface area contributed by atoms with E-state index in [2.05, 4.69) is 31.2 Å². The van der Waals surface area contributed by atoms with E-state index in [-0.39, 0.29) is 11.1 Å². The van der Waals surface area contributed by atoms with Gasteiger partial charge in [-0.15, -0.1) is 0 Å². The normalized spacial score (nSPS) is 11.4. The SMILES string of the molecule is CNCc1nc2c(oc3ccc(Br)cc32)c(=O)[nH]1. The van der Waals surface area contributed by atoms with Crippen LogP contribution in [-0.4, -0.2) is 17.0 Å². The standard InChI is InChI=1S/C12H10BrN3O2/c1-14-5-9-15-10-7-4-6(13)2-3-8(7)18-11(10)12(17)16-9/h2-4,14H,5H2,1H3,(H,15,16,17). The molecule has 0 fully saturated rings. The van der Waals surface area contributed by atoms with Crippen molar-refractivity contribution in [1.29, 1.82) is 0 Å². The van der Waals surface area contributed by atoms with Crippen LogP contribution < -0.4 is 10.9 Å². The van der Waals surface area contributed by atoms with Gasteiger partial charge in [-0.3, -0.25) is 4.79 Å². The Hall–Kier alpha value is -1.66. The number of furan rings is 1. The molecule has 1 aromatic carbocycles. The summed E-state index contributed by atoms with van der Waals surface area (Å²) in [6.07, 6.45) is 0. The predicted octanol–water partition coefficient (Wildman–Crippen LogP) is 2.15. The number of rotatable bonds is 2. The summed E-state index contributed by atoms with van der Waals surface area (Å²) < 4.78 is 6.45. The second-order valence-corrected chi connectivity index (χ2v) is 4.88. The Morgan fingerprint density at radius 1 is 1.50 bits per heavy atom. The Balaban J connectivity index is 2.42. The smallest absolute Gasteiger partial charge is 0.294 e. The summed E-state index contributed by atoms with van der Waals surface area (Å²) in [5.74, 6) is 0.595. The monoisotopic (exact) mass is 307 g/mol. The molecular weight excluding hydrogens is 298 g/mol. The first kappa shape index (κ1) is 11.4. The average molecular weight is 308 g/mol. The molecule has 0 saturated carbocycles. The Kier molecular flexibility index (Phi) is 2.68. The largest absolute Gasteiger partial charge is 0.449 e. The highest BCUT2D eigenvalue weighted by Crippen LogP contribution is 2.27. The molecule has 0 atom stereocenters. The second kappa shape index (κ2) is 4.22. The van der Waals surface area contributed by atoms with Gasteiger partial charge in [0.1, 0.15) is 16.9 Å². The molecule has 2 heterocycles. The van der Waals surface area contributed by atoms with Gasteiger partial charge in [-0.1, -0.05) is 15.9 Å². The fourth-order valence-corrected chi connectivity index (χ4v) is 2.28. The van der Waals surface area contributed by atoms with Crippen LogP contribution in [0.5, 0.6) is 0 Å². The maximum absolute atomic E-state index is 11.9. The fraction of sp³-hybridized carbons (Fsp3) is 0.167. The van der Waals surface area contributed by atoms with Gasteiger partial charge in [0, 0.05) is 9.86 Å². The highest BCUT2D eigenvalue weighted by Gasteiger charge is 2.13. The van der Waals surface area contributed by atoms with Gasteiger partial charge in [0.15, 0.2) is 0 Å². The number of H-pyrrole nitrogens is 1. The summed E-state index contributed by atoms with van der Waals surface area (Å²) in [5.41, 5.74) is 1.27. The van der Waals surface area contributed by atoms with Crippen molar-refractivity contribution in [3.8, 4) is 0 Å². The molecule has 0 unspecified atom stereocenters. The molecule has 92 valence electrons. The van der Waals surface area contributed by atoms with Crippen LogP contribution in [0.15, 0.2) is 31.9 Å². The summed E-state index contributed by atoms with van der Waals surface area (Å²) in [4.78, 5) is 19.0. The minimum Gasteiger partial charge on any atom is -0.449 e. The third-order valence-electron chi connectivity index (χ3n) is 2.68. The first-order chi connectivity index (χ1) is 8.69. The molecule has 3 aromatic rings. The highest BCUT2D eigenvalue weighted by atomic mass is 79.9. The van der Waals surface area contributed by atoms with E-state index in [4.69, 9.17) is 4.42 Å². The second-order valence-electron chi connectivity index (χ2n) is 3.96. The number of benzene rings is 1. The first-order valence-electron chi connectivity index (χ1n) is 5.44. The molecule has 2 N–H and O–H groups in total. The van der Waals surface area contributed by atoms with E-state index in [0.29, 0.717) is 23.5 Å². The summed E-state index contributed by atoms with van der Waals surface area (Å²) >= 11 is 3.40. The van der Waals surface area contributed by atoms with Crippen LogP contribution in [0.3, 0.4) is 0 Å². The van der Waals surface area contributed by atoms with Crippen LogP contribution >= 0.6 is 15.9 Å². The molecular formula is C12H10BrN3O2. The van der Waals surface area contributed by atoms with E-state index >= 15 is 0 Å². The molecule has 5 nitrogen and oxygen atoms in total. The number of hydrogen-bond acceptors (Lipinski definition) is 4. The highest BCUT2D eigenvalue weighted by molar-refractivity contribution is 9.10. The number of nitrogens with zero attached hydrogens (tertiary/aromatic N) is 1. The molecule has 0 spiro atoms. The van der Waals surface area contributed by atoms with Crippen LogP contribution in [0.2, 0.25) is 0 Å². The van der Waals surface area contributed by atoms with Crippen molar-refractivity contribution in [2.24, 2.45) is 0 Å². The number of nitrogens with one attached hydrogen (secondary N) is 2. The van der Waals surface area contributed by atoms with Crippen molar-refractivity contribution in [2.45, 2.75) is 6.54 Å². The minimum absolute atomic E-state index is 0.252. The maximum atomic E-state index is 11.9. The number of aromatic nitrogens is 2. The number of hydrogen-bond donors (Lipinski definition) is 2.